The van der Waals surface area contributed by atoms with Crippen molar-refractivity contribution in [3.05, 3.63) is 41.5 Å². The molecule has 0 radical (unpaired) electrons. The highest BCUT2D eigenvalue weighted by Gasteiger charge is 2.26. The van der Waals surface area contributed by atoms with Crippen LogP contribution >= 0.6 is 11.3 Å². The van der Waals surface area contributed by atoms with Gasteiger partial charge in [0.2, 0.25) is 0 Å². The number of anilines is 1. The lowest BCUT2D eigenvalue weighted by molar-refractivity contribution is 0.0971. The van der Waals surface area contributed by atoms with Gasteiger partial charge in [-0.25, -0.2) is 9.37 Å². The number of halogens is 1. The summed E-state index contributed by atoms with van der Waals surface area (Å²) in [5, 5.41) is 5.06. The van der Waals surface area contributed by atoms with Crippen molar-refractivity contribution in [3.8, 4) is 0 Å². The number of aromatic nitrogens is 3. The third-order valence-corrected chi connectivity index (χ3v) is 5.96. The summed E-state index contributed by atoms with van der Waals surface area (Å²) >= 11 is 1.34. The molecule has 2 heterocycles. The van der Waals surface area contributed by atoms with Crippen LogP contribution in [0.5, 0.6) is 0 Å². The first-order valence-electron chi connectivity index (χ1n) is 10.0. The largest absolute Gasteiger partial charge is 0.302 e. The summed E-state index contributed by atoms with van der Waals surface area (Å²) in [6.45, 7) is 13.2. The van der Waals surface area contributed by atoms with Crippen LogP contribution in [-0.4, -0.2) is 51.8 Å². The molecule has 0 fully saturated rings. The van der Waals surface area contributed by atoms with E-state index in [9.17, 15) is 9.18 Å². The summed E-state index contributed by atoms with van der Waals surface area (Å²) in [6.07, 6.45) is 0. The van der Waals surface area contributed by atoms with Crippen molar-refractivity contribution in [2.24, 2.45) is 0 Å². The average Bonchev–Trinajstić information content (AvgIpc) is 3.28. The second-order valence-electron chi connectivity index (χ2n) is 7.30. The Balaban J connectivity index is 2.01. The molecule has 3 aromatic rings. The van der Waals surface area contributed by atoms with Gasteiger partial charge in [-0.2, -0.15) is 5.10 Å². The molecule has 0 saturated carbocycles. The fourth-order valence-corrected chi connectivity index (χ4v) is 4.29. The molecule has 156 valence electrons. The Bertz CT molecular complexity index is 992. The Hall–Kier alpha value is -2.32. The van der Waals surface area contributed by atoms with Crippen molar-refractivity contribution in [2.45, 2.75) is 40.7 Å². The van der Waals surface area contributed by atoms with Gasteiger partial charge in [0, 0.05) is 19.1 Å². The molecule has 0 N–H and O–H groups in total. The summed E-state index contributed by atoms with van der Waals surface area (Å²) in [6, 6.07) is 6.40. The Morgan fingerprint density at radius 2 is 1.93 bits per heavy atom. The number of nitrogens with zero attached hydrogens (tertiary/aromatic N) is 5. The van der Waals surface area contributed by atoms with Gasteiger partial charge in [-0.15, -0.1) is 0 Å². The maximum absolute atomic E-state index is 13.6. The highest BCUT2D eigenvalue weighted by molar-refractivity contribution is 7.22. The Labute approximate surface area is 174 Å². The predicted octanol–water partition coefficient (Wildman–Crippen LogP) is 4.51. The first-order chi connectivity index (χ1) is 13.8. The number of likely N-dealkylation sites (N-methyl/N-ethyl adjacent to an activating group) is 1. The Morgan fingerprint density at radius 3 is 2.59 bits per heavy atom. The number of hydrogen-bond acceptors (Lipinski definition) is 5. The number of aryl methyl sites for hydroxylation is 1. The molecule has 1 aromatic carbocycles. The zero-order chi connectivity index (χ0) is 21.1. The van der Waals surface area contributed by atoms with Crippen LogP contribution in [0, 0.1) is 12.7 Å². The quantitative estimate of drug-likeness (QED) is 0.541. The molecule has 0 atom stereocenters. The van der Waals surface area contributed by atoms with Crippen molar-refractivity contribution in [3.63, 3.8) is 0 Å². The van der Waals surface area contributed by atoms with E-state index in [-0.39, 0.29) is 17.8 Å². The van der Waals surface area contributed by atoms with Gasteiger partial charge in [0.15, 0.2) is 5.13 Å². The number of carbonyl (C=O) groups excluding carboxylic acids is 1. The van der Waals surface area contributed by atoms with Crippen molar-refractivity contribution < 1.29 is 9.18 Å². The van der Waals surface area contributed by atoms with E-state index in [0.717, 1.165) is 30.0 Å². The molecular weight excluding hydrogens is 389 g/mol. The molecule has 0 aliphatic carbocycles. The molecule has 0 aliphatic rings. The minimum Gasteiger partial charge on any atom is -0.302 e. The van der Waals surface area contributed by atoms with E-state index in [1.54, 1.807) is 15.6 Å². The van der Waals surface area contributed by atoms with Crippen molar-refractivity contribution in [2.75, 3.05) is 31.1 Å². The van der Waals surface area contributed by atoms with E-state index in [0.29, 0.717) is 22.9 Å². The summed E-state index contributed by atoms with van der Waals surface area (Å²) in [7, 11) is 0. The van der Waals surface area contributed by atoms with E-state index in [1.165, 1.54) is 23.5 Å². The smallest absolute Gasteiger partial charge is 0.278 e. The lowest BCUT2D eigenvalue weighted by Crippen LogP contribution is -2.39. The number of benzene rings is 1. The first-order valence-corrected chi connectivity index (χ1v) is 10.8. The molecule has 29 heavy (non-hydrogen) atoms. The number of hydrogen-bond donors (Lipinski definition) is 0. The molecule has 0 bridgehead atoms. The second kappa shape index (κ2) is 9.00. The zero-order valence-corrected chi connectivity index (χ0v) is 18.5. The van der Waals surface area contributed by atoms with Crippen molar-refractivity contribution in [1.29, 1.82) is 0 Å². The molecule has 0 spiro atoms. The minimum atomic E-state index is -0.303. The van der Waals surface area contributed by atoms with E-state index in [4.69, 9.17) is 0 Å². The van der Waals surface area contributed by atoms with Crippen LogP contribution in [0.15, 0.2) is 24.3 Å². The molecule has 1 amide bonds. The fraction of sp³-hybridized carbons (Fsp3) is 0.476. The van der Waals surface area contributed by atoms with Gasteiger partial charge in [0.1, 0.15) is 11.5 Å². The number of rotatable bonds is 8. The molecule has 0 aliphatic heterocycles. The third kappa shape index (κ3) is 4.64. The van der Waals surface area contributed by atoms with Crippen LogP contribution in [0.2, 0.25) is 0 Å². The van der Waals surface area contributed by atoms with Gasteiger partial charge in [0.25, 0.3) is 5.91 Å². The molecule has 0 saturated heterocycles. The number of fused-ring (bicyclic) bond motifs is 1. The summed E-state index contributed by atoms with van der Waals surface area (Å²) < 4.78 is 16.1. The average molecular weight is 418 g/mol. The monoisotopic (exact) mass is 417 g/mol. The normalized spacial score (nSPS) is 11.7. The van der Waals surface area contributed by atoms with Crippen LogP contribution < -0.4 is 4.90 Å². The minimum absolute atomic E-state index is 0.0664. The molecule has 0 unspecified atom stereocenters. The Kier molecular flexibility index (Phi) is 6.64. The standard InChI is InChI=1S/C21H28FN5OS/c1-6-25(7-2)10-11-26(20(28)18-12-15(5)24-27(18)14(3)4)21-23-17-9-8-16(22)13-19(17)29-21/h8-9,12-14H,6-7,10-11H2,1-5H3. The molecule has 2 aromatic heterocycles. The summed E-state index contributed by atoms with van der Waals surface area (Å²) in [5.41, 5.74) is 2.04. The summed E-state index contributed by atoms with van der Waals surface area (Å²) in [4.78, 5) is 22.1. The third-order valence-electron chi connectivity index (χ3n) is 4.92. The van der Waals surface area contributed by atoms with Crippen LogP contribution in [-0.2, 0) is 0 Å². The van der Waals surface area contributed by atoms with E-state index in [1.807, 2.05) is 26.8 Å². The van der Waals surface area contributed by atoms with Crippen molar-refractivity contribution >= 4 is 32.6 Å². The highest BCUT2D eigenvalue weighted by Crippen LogP contribution is 2.30. The molecule has 6 nitrogen and oxygen atoms in total. The van der Waals surface area contributed by atoms with E-state index in [2.05, 4.69) is 28.8 Å². The first kappa shape index (κ1) is 21.4. The lowest BCUT2D eigenvalue weighted by atomic mass is 10.3. The topological polar surface area (TPSA) is 54.3 Å². The molecular formula is C21H28FN5OS. The summed E-state index contributed by atoms with van der Waals surface area (Å²) in [5.74, 6) is -0.437. The number of carbonyl (C=O) groups is 1. The van der Waals surface area contributed by atoms with Crippen LogP contribution in [0.4, 0.5) is 9.52 Å². The maximum atomic E-state index is 13.6. The van der Waals surface area contributed by atoms with Crippen LogP contribution in [0.25, 0.3) is 10.2 Å². The molecule has 3 rings (SSSR count). The number of amides is 1. The zero-order valence-electron chi connectivity index (χ0n) is 17.6. The van der Waals surface area contributed by atoms with Gasteiger partial charge in [-0.3, -0.25) is 14.4 Å². The van der Waals surface area contributed by atoms with E-state index >= 15 is 0 Å². The van der Waals surface area contributed by atoms with Gasteiger partial charge in [-0.1, -0.05) is 25.2 Å². The van der Waals surface area contributed by atoms with E-state index < -0.39 is 0 Å². The second-order valence-corrected chi connectivity index (χ2v) is 8.31. The van der Waals surface area contributed by atoms with Crippen molar-refractivity contribution in [1.82, 2.24) is 19.7 Å². The highest BCUT2D eigenvalue weighted by atomic mass is 32.1. The maximum Gasteiger partial charge on any atom is 0.278 e. The molecule has 8 heteroatoms. The van der Waals surface area contributed by atoms with Gasteiger partial charge < -0.3 is 4.90 Å². The van der Waals surface area contributed by atoms with Gasteiger partial charge in [0.05, 0.1) is 15.9 Å². The predicted molar refractivity (Wildman–Crippen MR) is 116 cm³/mol. The van der Waals surface area contributed by atoms with Crippen LogP contribution in [0.3, 0.4) is 0 Å². The fourth-order valence-electron chi connectivity index (χ4n) is 3.28. The SMILES string of the molecule is CCN(CC)CCN(C(=O)c1cc(C)nn1C(C)C)c1nc2ccc(F)cc2s1. The van der Waals surface area contributed by atoms with Crippen LogP contribution in [0.1, 0.15) is 49.9 Å². The lowest BCUT2D eigenvalue weighted by Gasteiger charge is -2.25. The number of thiazole rings is 1. The Morgan fingerprint density at radius 1 is 1.21 bits per heavy atom. The van der Waals surface area contributed by atoms with Gasteiger partial charge in [-0.05, 0) is 58.1 Å². The van der Waals surface area contributed by atoms with Gasteiger partial charge >= 0.3 is 0 Å².